The number of aliphatic hydroxyl groups is 1. The summed E-state index contributed by atoms with van der Waals surface area (Å²) in [7, 11) is 2.27. The molecule has 0 aromatic heterocycles. The van der Waals surface area contributed by atoms with Gasteiger partial charge in [-0.3, -0.25) is 4.90 Å². The largest absolute Gasteiger partial charge is 0.391 e. The predicted octanol–water partition coefficient (Wildman–Crippen LogP) is 3.83. The molecule has 2 aliphatic rings. The Bertz CT molecular complexity index is 258. The summed E-state index contributed by atoms with van der Waals surface area (Å²) in [6, 6.07) is 1.12. The quantitative estimate of drug-likeness (QED) is 0.786. The SMILES string of the molecule is CC(C)C1CCC(O)C(N(C)C2CCCCCC2)C1. The van der Waals surface area contributed by atoms with Crippen LogP contribution in [0.15, 0.2) is 0 Å². The molecule has 0 radical (unpaired) electrons. The summed E-state index contributed by atoms with van der Waals surface area (Å²) in [5.41, 5.74) is 0. The molecule has 2 heteroatoms. The van der Waals surface area contributed by atoms with Crippen LogP contribution in [0.2, 0.25) is 0 Å². The highest BCUT2D eigenvalue weighted by Gasteiger charge is 2.35. The zero-order valence-electron chi connectivity index (χ0n) is 13.1. The third kappa shape index (κ3) is 3.95. The molecule has 2 nitrogen and oxygen atoms in total. The van der Waals surface area contributed by atoms with Crippen LogP contribution in [0.5, 0.6) is 0 Å². The minimum atomic E-state index is -0.0942. The van der Waals surface area contributed by atoms with Crippen molar-refractivity contribution >= 4 is 0 Å². The van der Waals surface area contributed by atoms with Gasteiger partial charge in [0.2, 0.25) is 0 Å². The van der Waals surface area contributed by atoms with Gasteiger partial charge >= 0.3 is 0 Å². The van der Waals surface area contributed by atoms with Crippen molar-refractivity contribution in [2.75, 3.05) is 7.05 Å². The van der Waals surface area contributed by atoms with Crippen molar-refractivity contribution in [3.05, 3.63) is 0 Å². The number of nitrogens with zero attached hydrogens (tertiary/aromatic N) is 1. The molecule has 0 aliphatic heterocycles. The summed E-state index contributed by atoms with van der Waals surface area (Å²) in [5, 5.41) is 10.4. The molecule has 2 fully saturated rings. The van der Waals surface area contributed by atoms with Crippen molar-refractivity contribution in [3.63, 3.8) is 0 Å². The van der Waals surface area contributed by atoms with Crippen LogP contribution in [-0.2, 0) is 0 Å². The topological polar surface area (TPSA) is 23.5 Å². The molecule has 3 unspecified atom stereocenters. The molecule has 0 aromatic carbocycles. The second-order valence-corrected chi connectivity index (χ2v) is 7.26. The summed E-state index contributed by atoms with van der Waals surface area (Å²) in [6.07, 6.45) is 11.6. The molecule has 1 N–H and O–H groups in total. The van der Waals surface area contributed by atoms with Crippen molar-refractivity contribution in [1.29, 1.82) is 0 Å². The average molecular weight is 267 g/mol. The molecular formula is C17H33NO. The summed E-state index contributed by atoms with van der Waals surface area (Å²) in [4.78, 5) is 2.55. The van der Waals surface area contributed by atoms with E-state index in [1.807, 2.05) is 0 Å². The van der Waals surface area contributed by atoms with E-state index < -0.39 is 0 Å². The first-order valence-corrected chi connectivity index (χ1v) is 8.49. The Balaban J connectivity index is 1.96. The first-order chi connectivity index (χ1) is 9.09. The number of hydrogen-bond donors (Lipinski definition) is 1. The number of hydrogen-bond acceptors (Lipinski definition) is 2. The van der Waals surface area contributed by atoms with Crippen LogP contribution in [0.25, 0.3) is 0 Å². The minimum absolute atomic E-state index is 0.0942. The van der Waals surface area contributed by atoms with E-state index in [4.69, 9.17) is 0 Å². The molecule has 0 saturated heterocycles. The molecule has 0 spiro atoms. The van der Waals surface area contributed by atoms with E-state index in [1.165, 1.54) is 51.4 Å². The van der Waals surface area contributed by atoms with Gasteiger partial charge in [0.15, 0.2) is 0 Å². The van der Waals surface area contributed by atoms with Gasteiger partial charge in [0.25, 0.3) is 0 Å². The molecule has 0 heterocycles. The fourth-order valence-corrected chi connectivity index (χ4v) is 4.14. The monoisotopic (exact) mass is 267 g/mol. The Labute approximate surface area is 119 Å². The maximum atomic E-state index is 10.4. The Morgan fingerprint density at radius 2 is 1.58 bits per heavy atom. The second-order valence-electron chi connectivity index (χ2n) is 7.26. The molecule has 3 atom stereocenters. The summed E-state index contributed by atoms with van der Waals surface area (Å²) in [5.74, 6) is 1.57. The Kier molecular flexibility index (Phi) is 5.70. The third-order valence-corrected chi connectivity index (χ3v) is 5.69. The Hall–Kier alpha value is -0.0800. The van der Waals surface area contributed by atoms with Gasteiger partial charge in [-0.05, 0) is 51.0 Å². The van der Waals surface area contributed by atoms with E-state index in [9.17, 15) is 5.11 Å². The average Bonchev–Trinajstić information content (AvgIpc) is 2.67. The molecular weight excluding hydrogens is 234 g/mol. The van der Waals surface area contributed by atoms with Crippen LogP contribution in [0.1, 0.15) is 71.6 Å². The molecule has 0 amide bonds. The summed E-state index contributed by atoms with van der Waals surface area (Å²) in [6.45, 7) is 4.68. The second kappa shape index (κ2) is 7.08. The predicted molar refractivity (Wildman–Crippen MR) is 81.2 cm³/mol. The lowest BCUT2D eigenvalue weighted by Crippen LogP contribution is -2.50. The van der Waals surface area contributed by atoms with E-state index >= 15 is 0 Å². The normalized spacial score (nSPS) is 34.7. The lowest BCUT2D eigenvalue weighted by atomic mass is 9.77. The fraction of sp³-hybridized carbons (Fsp3) is 1.00. The van der Waals surface area contributed by atoms with Gasteiger partial charge in [-0.15, -0.1) is 0 Å². The maximum absolute atomic E-state index is 10.4. The molecule has 112 valence electrons. The van der Waals surface area contributed by atoms with Crippen LogP contribution in [0.4, 0.5) is 0 Å². The van der Waals surface area contributed by atoms with E-state index in [0.717, 1.165) is 18.3 Å². The standard InChI is InChI=1S/C17H33NO/c1-13(2)14-10-11-17(19)16(12-14)18(3)15-8-6-4-5-7-9-15/h13-17,19H,4-12H2,1-3H3. The molecule has 0 bridgehead atoms. The van der Waals surface area contributed by atoms with Gasteiger partial charge in [-0.25, -0.2) is 0 Å². The van der Waals surface area contributed by atoms with Gasteiger partial charge in [0.1, 0.15) is 0 Å². The van der Waals surface area contributed by atoms with Crippen molar-refractivity contribution in [2.24, 2.45) is 11.8 Å². The van der Waals surface area contributed by atoms with E-state index in [2.05, 4.69) is 25.8 Å². The van der Waals surface area contributed by atoms with Crippen molar-refractivity contribution < 1.29 is 5.11 Å². The lowest BCUT2D eigenvalue weighted by molar-refractivity contribution is -0.0130. The third-order valence-electron chi connectivity index (χ3n) is 5.69. The van der Waals surface area contributed by atoms with Gasteiger partial charge in [-0.1, -0.05) is 39.5 Å². The summed E-state index contributed by atoms with van der Waals surface area (Å²) >= 11 is 0. The van der Waals surface area contributed by atoms with Crippen molar-refractivity contribution in [3.8, 4) is 0 Å². The molecule has 2 saturated carbocycles. The molecule has 2 aliphatic carbocycles. The smallest absolute Gasteiger partial charge is 0.0695 e. The van der Waals surface area contributed by atoms with Gasteiger partial charge in [-0.2, -0.15) is 0 Å². The van der Waals surface area contributed by atoms with E-state index in [0.29, 0.717) is 12.1 Å². The Morgan fingerprint density at radius 3 is 2.16 bits per heavy atom. The van der Waals surface area contributed by atoms with Gasteiger partial charge in [0, 0.05) is 12.1 Å². The van der Waals surface area contributed by atoms with E-state index in [-0.39, 0.29) is 6.10 Å². The van der Waals surface area contributed by atoms with Crippen LogP contribution in [0, 0.1) is 11.8 Å². The van der Waals surface area contributed by atoms with Crippen LogP contribution >= 0.6 is 0 Å². The lowest BCUT2D eigenvalue weighted by Gasteiger charge is -2.43. The number of aliphatic hydroxyl groups excluding tert-OH is 1. The molecule has 0 aromatic rings. The van der Waals surface area contributed by atoms with Gasteiger partial charge in [0.05, 0.1) is 6.10 Å². The number of likely N-dealkylation sites (N-methyl/N-ethyl adjacent to an activating group) is 1. The van der Waals surface area contributed by atoms with Crippen LogP contribution < -0.4 is 0 Å². The van der Waals surface area contributed by atoms with Crippen molar-refractivity contribution in [1.82, 2.24) is 4.90 Å². The zero-order chi connectivity index (χ0) is 13.8. The molecule has 2 rings (SSSR count). The first kappa shape index (κ1) is 15.3. The maximum Gasteiger partial charge on any atom is 0.0695 e. The van der Waals surface area contributed by atoms with Gasteiger partial charge < -0.3 is 5.11 Å². The Morgan fingerprint density at radius 1 is 0.947 bits per heavy atom. The number of rotatable bonds is 3. The highest BCUT2D eigenvalue weighted by atomic mass is 16.3. The fourth-order valence-electron chi connectivity index (χ4n) is 4.14. The summed E-state index contributed by atoms with van der Waals surface area (Å²) < 4.78 is 0. The van der Waals surface area contributed by atoms with E-state index in [1.54, 1.807) is 0 Å². The molecule has 19 heavy (non-hydrogen) atoms. The first-order valence-electron chi connectivity index (χ1n) is 8.49. The van der Waals surface area contributed by atoms with Crippen molar-refractivity contribution in [2.45, 2.75) is 89.8 Å². The highest BCUT2D eigenvalue weighted by Crippen LogP contribution is 2.34. The zero-order valence-corrected chi connectivity index (χ0v) is 13.1. The van der Waals surface area contributed by atoms with Crippen LogP contribution in [-0.4, -0.2) is 35.2 Å². The van der Waals surface area contributed by atoms with Crippen LogP contribution in [0.3, 0.4) is 0 Å². The minimum Gasteiger partial charge on any atom is -0.391 e. The highest BCUT2D eigenvalue weighted by molar-refractivity contribution is 4.89.